The second-order valence-electron chi connectivity index (χ2n) is 10.3. The fourth-order valence-corrected chi connectivity index (χ4v) is 5.12. The molecule has 0 fully saturated rings. The third kappa shape index (κ3) is 6.97. The monoisotopic (exact) mass is 614 g/mol. The predicted octanol–water partition coefficient (Wildman–Crippen LogP) is 4.95. The van der Waals surface area contributed by atoms with E-state index in [1.807, 2.05) is 85.8 Å². The summed E-state index contributed by atoms with van der Waals surface area (Å²) in [5.41, 5.74) is 5.78. The number of nitrogens with zero attached hydrogens (tertiary/aromatic N) is 5. The number of H-pyrrole nitrogens is 1. The van der Waals surface area contributed by atoms with Crippen molar-refractivity contribution in [1.29, 1.82) is 0 Å². The minimum absolute atomic E-state index is 0. The number of unbranched alkanes of at least 4 members (excludes halogenated alkanes) is 1. The van der Waals surface area contributed by atoms with Crippen molar-refractivity contribution in [2.75, 3.05) is 0 Å². The van der Waals surface area contributed by atoms with Gasteiger partial charge in [-0.25, -0.2) is 9.78 Å². The van der Waals surface area contributed by atoms with Crippen LogP contribution in [0.5, 0.6) is 0 Å². The molecular formula is C33H31KN6O4. The molecule has 218 valence electrons. The molecule has 44 heavy (non-hydrogen) atoms. The van der Waals surface area contributed by atoms with Gasteiger partial charge in [0, 0.05) is 23.1 Å². The molecule has 0 amide bonds. The summed E-state index contributed by atoms with van der Waals surface area (Å²) < 4.78 is 11.8. The molecule has 0 aliphatic heterocycles. The van der Waals surface area contributed by atoms with E-state index in [1.54, 1.807) is 4.57 Å². The Hall–Kier alpha value is -3.74. The number of benzene rings is 3. The van der Waals surface area contributed by atoms with Gasteiger partial charge in [0.2, 0.25) is 0 Å². The zero-order valence-corrected chi connectivity index (χ0v) is 23.9. The normalized spacial score (nSPS) is 11.0. The van der Waals surface area contributed by atoms with Crippen LogP contribution in [0.15, 0.2) is 97.5 Å². The molecular weight excluding hydrogens is 583 g/mol. The zero-order valence-electron chi connectivity index (χ0n) is 23.9. The van der Waals surface area contributed by atoms with Crippen molar-refractivity contribution in [2.24, 2.45) is 0 Å². The Balaban J connectivity index is 0.00000384. The van der Waals surface area contributed by atoms with Crippen molar-refractivity contribution in [3.8, 4) is 34.0 Å². The molecule has 0 atom stereocenters. The van der Waals surface area contributed by atoms with Crippen LogP contribution in [0.4, 0.5) is 0 Å². The third-order valence-electron chi connectivity index (χ3n) is 7.36. The third-order valence-corrected chi connectivity index (χ3v) is 7.36. The quantitative estimate of drug-likeness (QED) is 0.215. The molecule has 6 aromatic rings. The van der Waals surface area contributed by atoms with Crippen LogP contribution in [0.25, 0.3) is 34.0 Å². The molecule has 1 N–H and O–H groups in total. The summed E-state index contributed by atoms with van der Waals surface area (Å²) in [4.78, 5) is 37.5. The van der Waals surface area contributed by atoms with E-state index in [1.165, 1.54) is 0 Å². The van der Waals surface area contributed by atoms with E-state index in [4.69, 9.17) is 14.0 Å². The minimum atomic E-state index is -0.604. The Morgan fingerprint density at radius 3 is 2.25 bits per heavy atom. The maximum absolute atomic E-state index is 13.9. The summed E-state index contributed by atoms with van der Waals surface area (Å²) in [7, 11) is 0. The SMILES string of the molecule is CCCCc1nc(C)n(Cc2noc(-c3ccccc3)n2)c(=O)c1Cc1ccc(-c2ccccc2-c2noc(=O)[nH]2)cc1.[KH]. The average molecular weight is 615 g/mol. The van der Waals surface area contributed by atoms with Gasteiger partial charge in [-0.05, 0) is 48.6 Å². The van der Waals surface area contributed by atoms with Gasteiger partial charge >= 0.3 is 57.1 Å². The molecule has 3 heterocycles. The van der Waals surface area contributed by atoms with E-state index in [-0.39, 0.29) is 63.5 Å². The van der Waals surface area contributed by atoms with Crippen molar-refractivity contribution < 1.29 is 9.05 Å². The van der Waals surface area contributed by atoms with E-state index in [0.29, 0.717) is 35.3 Å². The topological polar surface area (TPSA) is 133 Å². The molecule has 0 aliphatic rings. The first-order valence-corrected chi connectivity index (χ1v) is 14.2. The van der Waals surface area contributed by atoms with Crippen LogP contribution in [0.2, 0.25) is 0 Å². The Bertz CT molecular complexity index is 1980. The number of hydrogen-bond donors (Lipinski definition) is 1. The number of aromatic nitrogens is 6. The van der Waals surface area contributed by atoms with Crippen molar-refractivity contribution in [3.05, 3.63) is 128 Å². The molecule has 3 aromatic carbocycles. The molecule has 0 spiro atoms. The molecule has 0 aliphatic carbocycles. The fourth-order valence-electron chi connectivity index (χ4n) is 5.12. The summed E-state index contributed by atoms with van der Waals surface area (Å²) in [5, 5.41) is 7.97. The second kappa shape index (κ2) is 14.4. The maximum atomic E-state index is 13.9. The van der Waals surface area contributed by atoms with Gasteiger partial charge in [0.15, 0.2) is 11.6 Å². The molecule has 0 saturated heterocycles. The Labute approximate surface area is 296 Å². The van der Waals surface area contributed by atoms with Crippen LogP contribution in [0.1, 0.15) is 48.2 Å². The molecule has 0 radical (unpaired) electrons. The number of nitrogens with one attached hydrogen (secondary N) is 1. The summed E-state index contributed by atoms with van der Waals surface area (Å²) >= 11 is 0. The van der Waals surface area contributed by atoms with E-state index >= 15 is 0 Å². The molecule has 0 unspecified atom stereocenters. The standard InChI is InChI=1S/C33H30N6O4.K.H/c1-3-4-14-28-27(32(40)39(21(2)34-28)20-29-35-31(42-37-29)24-10-6-5-7-11-24)19-22-15-17-23(18-16-22)25-12-8-9-13-26(25)30-36-33(41)43-38-30;;/h5-13,15-18H,3-4,14,19-20H2,1-2H3,(H,36,38,41);;. The van der Waals surface area contributed by atoms with E-state index < -0.39 is 5.76 Å². The summed E-state index contributed by atoms with van der Waals surface area (Å²) in [6.07, 6.45) is 3.10. The molecule has 3 aromatic heterocycles. The van der Waals surface area contributed by atoms with Crippen molar-refractivity contribution in [2.45, 2.75) is 46.1 Å². The summed E-state index contributed by atoms with van der Waals surface area (Å²) in [6.45, 7) is 4.13. The number of rotatable bonds is 10. The Morgan fingerprint density at radius 2 is 1.55 bits per heavy atom. The number of aryl methyl sites for hydroxylation is 2. The predicted molar refractivity (Wildman–Crippen MR) is 169 cm³/mol. The first-order valence-electron chi connectivity index (χ1n) is 14.2. The average Bonchev–Trinajstić information content (AvgIpc) is 3.70. The van der Waals surface area contributed by atoms with Crippen LogP contribution < -0.4 is 11.3 Å². The second-order valence-corrected chi connectivity index (χ2v) is 10.3. The van der Waals surface area contributed by atoms with Gasteiger partial charge in [-0.3, -0.25) is 18.9 Å². The molecule has 0 saturated carbocycles. The van der Waals surface area contributed by atoms with Gasteiger partial charge in [-0.1, -0.05) is 90.4 Å². The van der Waals surface area contributed by atoms with Gasteiger partial charge in [-0.15, -0.1) is 0 Å². The van der Waals surface area contributed by atoms with E-state index in [2.05, 4.69) is 27.2 Å². The van der Waals surface area contributed by atoms with Crippen LogP contribution in [-0.4, -0.2) is 81.2 Å². The van der Waals surface area contributed by atoms with Gasteiger partial charge < -0.3 is 4.52 Å². The summed E-state index contributed by atoms with van der Waals surface area (Å²) in [6, 6.07) is 25.2. The van der Waals surface area contributed by atoms with Crippen molar-refractivity contribution in [3.63, 3.8) is 0 Å². The zero-order chi connectivity index (χ0) is 29.8. The fraction of sp³-hybridized carbons (Fsp3) is 0.212. The summed E-state index contributed by atoms with van der Waals surface area (Å²) in [5.74, 6) is 1.20. The molecule has 10 nitrogen and oxygen atoms in total. The Kier molecular flexibility index (Phi) is 10.3. The van der Waals surface area contributed by atoms with Crippen molar-refractivity contribution in [1.82, 2.24) is 29.8 Å². The molecule has 6 rings (SSSR count). The van der Waals surface area contributed by atoms with Crippen molar-refractivity contribution >= 4 is 51.4 Å². The first-order chi connectivity index (χ1) is 21.0. The van der Waals surface area contributed by atoms with Crippen LogP contribution in [0.3, 0.4) is 0 Å². The van der Waals surface area contributed by atoms with Crippen LogP contribution in [-0.2, 0) is 19.4 Å². The van der Waals surface area contributed by atoms with E-state index in [9.17, 15) is 9.59 Å². The van der Waals surface area contributed by atoms with Crippen LogP contribution in [0, 0.1) is 6.92 Å². The number of aromatic amines is 1. The molecule has 11 heteroatoms. The van der Waals surface area contributed by atoms with Gasteiger partial charge in [-0.2, -0.15) is 4.98 Å². The van der Waals surface area contributed by atoms with Crippen LogP contribution >= 0.6 is 0 Å². The Morgan fingerprint density at radius 1 is 0.818 bits per heavy atom. The van der Waals surface area contributed by atoms with Gasteiger partial charge in [0.05, 0.1) is 12.2 Å². The first kappa shape index (κ1) is 31.7. The number of hydrogen-bond acceptors (Lipinski definition) is 8. The molecule has 0 bridgehead atoms. The van der Waals surface area contributed by atoms with Gasteiger partial charge in [0.25, 0.3) is 11.4 Å². The van der Waals surface area contributed by atoms with Gasteiger partial charge in [0.1, 0.15) is 5.82 Å². The van der Waals surface area contributed by atoms with E-state index in [0.717, 1.165) is 52.8 Å².